The molecule has 0 saturated carbocycles. The summed E-state index contributed by atoms with van der Waals surface area (Å²) in [4.78, 5) is 28.3. The number of ether oxygens (including phenoxy) is 2. The van der Waals surface area contributed by atoms with E-state index in [0.29, 0.717) is 30.9 Å². The zero-order valence-corrected chi connectivity index (χ0v) is 18.2. The average Bonchev–Trinajstić information content (AvgIpc) is 3.23. The molecule has 0 saturated heterocycles. The summed E-state index contributed by atoms with van der Waals surface area (Å²) in [5.74, 6) is 0.665. The SMILES string of the molecule is CCC(CCC(CC(=O)CCc1ccc(O)c(OC)c1)OC(C)=O)CC1=CCN=C1. The lowest BCUT2D eigenvalue weighted by atomic mass is 9.90. The topological polar surface area (TPSA) is 85.2 Å². The third-order valence-electron chi connectivity index (χ3n) is 5.44. The predicted molar refractivity (Wildman–Crippen MR) is 117 cm³/mol. The van der Waals surface area contributed by atoms with Crippen LogP contribution >= 0.6 is 0 Å². The lowest BCUT2D eigenvalue weighted by Crippen LogP contribution is -2.22. The van der Waals surface area contributed by atoms with Gasteiger partial charge in [0.1, 0.15) is 11.9 Å². The van der Waals surface area contributed by atoms with Crippen molar-refractivity contribution in [1.82, 2.24) is 0 Å². The van der Waals surface area contributed by atoms with Crippen molar-refractivity contribution in [1.29, 1.82) is 0 Å². The van der Waals surface area contributed by atoms with Gasteiger partial charge in [0.2, 0.25) is 0 Å². The second-order valence-corrected chi connectivity index (χ2v) is 7.81. The molecule has 2 atom stereocenters. The molecule has 1 heterocycles. The molecular formula is C24H33NO5. The first-order valence-electron chi connectivity index (χ1n) is 10.6. The summed E-state index contributed by atoms with van der Waals surface area (Å²) >= 11 is 0. The van der Waals surface area contributed by atoms with Crippen LogP contribution in [0.4, 0.5) is 0 Å². The largest absolute Gasteiger partial charge is 0.504 e. The summed E-state index contributed by atoms with van der Waals surface area (Å²) in [6, 6.07) is 5.08. The molecule has 6 heteroatoms. The molecule has 0 aromatic heterocycles. The Kier molecular flexibility index (Phi) is 9.58. The number of carbonyl (C=O) groups is 2. The monoisotopic (exact) mass is 415 g/mol. The van der Waals surface area contributed by atoms with Crippen LogP contribution in [-0.2, 0) is 20.7 Å². The fraction of sp³-hybridized carbons (Fsp3) is 0.542. The third kappa shape index (κ3) is 8.01. The third-order valence-corrected chi connectivity index (χ3v) is 5.44. The molecule has 1 aliphatic rings. The number of ketones is 1. The molecule has 2 unspecified atom stereocenters. The first-order valence-corrected chi connectivity index (χ1v) is 10.6. The van der Waals surface area contributed by atoms with Crippen molar-refractivity contribution in [2.24, 2.45) is 10.9 Å². The number of esters is 1. The maximum Gasteiger partial charge on any atom is 0.302 e. The number of Topliss-reactive ketones (excluding diaryl/α,β-unsaturated/α-hetero) is 1. The van der Waals surface area contributed by atoms with Crippen molar-refractivity contribution in [3.63, 3.8) is 0 Å². The van der Waals surface area contributed by atoms with Gasteiger partial charge in [-0.15, -0.1) is 0 Å². The van der Waals surface area contributed by atoms with E-state index in [9.17, 15) is 14.7 Å². The van der Waals surface area contributed by atoms with E-state index >= 15 is 0 Å². The van der Waals surface area contributed by atoms with Gasteiger partial charge in [-0.3, -0.25) is 14.6 Å². The Morgan fingerprint density at radius 3 is 2.70 bits per heavy atom. The fourth-order valence-corrected chi connectivity index (χ4v) is 3.69. The smallest absolute Gasteiger partial charge is 0.302 e. The normalized spacial score (nSPS) is 14.8. The van der Waals surface area contributed by atoms with E-state index in [2.05, 4.69) is 18.0 Å². The summed E-state index contributed by atoms with van der Waals surface area (Å²) in [5, 5.41) is 9.68. The maximum absolute atomic E-state index is 12.5. The molecule has 1 N–H and O–H groups in total. The van der Waals surface area contributed by atoms with Crippen molar-refractivity contribution in [2.45, 2.75) is 64.9 Å². The van der Waals surface area contributed by atoms with Gasteiger partial charge < -0.3 is 14.6 Å². The zero-order chi connectivity index (χ0) is 21.9. The number of carbonyl (C=O) groups excluding carboxylic acids is 2. The number of methoxy groups -OCH3 is 1. The van der Waals surface area contributed by atoms with Crippen molar-refractivity contribution in [3.05, 3.63) is 35.4 Å². The van der Waals surface area contributed by atoms with Crippen LogP contribution in [0.5, 0.6) is 11.5 Å². The van der Waals surface area contributed by atoms with E-state index in [-0.39, 0.29) is 30.0 Å². The van der Waals surface area contributed by atoms with E-state index in [1.165, 1.54) is 19.6 Å². The van der Waals surface area contributed by atoms with Gasteiger partial charge in [0, 0.05) is 26.0 Å². The van der Waals surface area contributed by atoms with Crippen LogP contribution in [-0.4, -0.2) is 42.8 Å². The van der Waals surface area contributed by atoms with Gasteiger partial charge in [-0.1, -0.05) is 25.5 Å². The number of hydrogen-bond donors (Lipinski definition) is 1. The Hall–Kier alpha value is -2.63. The number of phenols is 1. The van der Waals surface area contributed by atoms with Gasteiger partial charge >= 0.3 is 5.97 Å². The summed E-state index contributed by atoms with van der Waals surface area (Å²) in [6.07, 6.45) is 8.43. The molecule has 30 heavy (non-hydrogen) atoms. The van der Waals surface area contributed by atoms with Crippen LogP contribution in [0.1, 0.15) is 57.9 Å². The van der Waals surface area contributed by atoms with Crippen molar-refractivity contribution >= 4 is 18.0 Å². The van der Waals surface area contributed by atoms with Gasteiger partial charge in [-0.2, -0.15) is 0 Å². The molecule has 0 radical (unpaired) electrons. The number of nitrogens with zero attached hydrogens (tertiary/aromatic N) is 1. The van der Waals surface area contributed by atoms with Gasteiger partial charge in [0.15, 0.2) is 11.5 Å². The molecule has 0 aliphatic carbocycles. The van der Waals surface area contributed by atoms with Crippen LogP contribution in [0.25, 0.3) is 0 Å². The molecule has 1 aliphatic heterocycles. The lowest BCUT2D eigenvalue weighted by Gasteiger charge is -2.20. The number of allylic oxidation sites excluding steroid dienone is 1. The fourth-order valence-electron chi connectivity index (χ4n) is 3.69. The van der Waals surface area contributed by atoms with Crippen molar-refractivity contribution in [2.75, 3.05) is 13.7 Å². The van der Waals surface area contributed by atoms with Crippen LogP contribution in [0.2, 0.25) is 0 Å². The highest BCUT2D eigenvalue weighted by Crippen LogP contribution is 2.27. The maximum atomic E-state index is 12.5. The van der Waals surface area contributed by atoms with E-state index in [4.69, 9.17) is 9.47 Å². The average molecular weight is 416 g/mol. The number of hydrogen-bond acceptors (Lipinski definition) is 6. The molecule has 164 valence electrons. The minimum Gasteiger partial charge on any atom is -0.504 e. The molecule has 6 nitrogen and oxygen atoms in total. The number of phenolic OH excluding ortho intramolecular Hbond substituents is 1. The molecule has 0 fully saturated rings. The molecule has 0 spiro atoms. The number of aliphatic imine (C=N–C) groups is 1. The molecule has 2 rings (SSSR count). The van der Waals surface area contributed by atoms with Crippen molar-refractivity contribution < 1.29 is 24.2 Å². The van der Waals surface area contributed by atoms with E-state index in [1.807, 2.05) is 6.21 Å². The number of benzene rings is 1. The Balaban J connectivity index is 1.85. The lowest BCUT2D eigenvalue weighted by molar-refractivity contribution is -0.148. The quantitative estimate of drug-likeness (QED) is 0.482. The molecule has 1 aromatic rings. The molecule has 0 bridgehead atoms. The summed E-state index contributed by atoms with van der Waals surface area (Å²) < 4.78 is 10.5. The van der Waals surface area contributed by atoms with Gasteiger partial charge in [0.05, 0.1) is 13.7 Å². The number of rotatable bonds is 13. The second kappa shape index (κ2) is 12.2. The second-order valence-electron chi connectivity index (χ2n) is 7.81. The Labute approximate surface area is 179 Å². The summed E-state index contributed by atoms with van der Waals surface area (Å²) in [5.41, 5.74) is 2.19. The molecule has 0 amide bonds. The number of aryl methyl sites for hydroxylation is 1. The van der Waals surface area contributed by atoms with E-state index in [0.717, 1.165) is 31.4 Å². The highest BCUT2D eigenvalue weighted by atomic mass is 16.5. The summed E-state index contributed by atoms with van der Waals surface area (Å²) in [7, 11) is 1.49. The Morgan fingerprint density at radius 1 is 1.27 bits per heavy atom. The van der Waals surface area contributed by atoms with E-state index < -0.39 is 0 Å². The Bertz CT molecular complexity index is 784. The van der Waals surface area contributed by atoms with Crippen LogP contribution in [0, 0.1) is 5.92 Å². The predicted octanol–water partition coefficient (Wildman–Crippen LogP) is 4.43. The first-order chi connectivity index (χ1) is 14.4. The molecular weight excluding hydrogens is 382 g/mol. The zero-order valence-electron chi connectivity index (χ0n) is 18.2. The highest BCUT2D eigenvalue weighted by molar-refractivity contribution is 5.81. The van der Waals surface area contributed by atoms with E-state index in [1.54, 1.807) is 18.2 Å². The van der Waals surface area contributed by atoms with Gasteiger partial charge in [-0.05, 0) is 54.9 Å². The minimum absolute atomic E-state index is 0.0620. The minimum atomic E-state index is -0.385. The number of aromatic hydroxyl groups is 1. The standard InChI is InChI=1S/C24H33NO5/c1-4-18(13-20-11-12-25-16-20)6-9-22(30-17(2)26)15-21(27)8-5-19-7-10-23(28)24(14-19)29-3/h7,10-11,14,16,18,22,28H,4-6,8-9,12-13,15H2,1-3H3. The van der Waals surface area contributed by atoms with Crippen LogP contribution in [0.15, 0.2) is 34.8 Å². The first kappa shape index (κ1) is 23.6. The van der Waals surface area contributed by atoms with Gasteiger partial charge in [-0.25, -0.2) is 0 Å². The van der Waals surface area contributed by atoms with Crippen LogP contribution < -0.4 is 4.74 Å². The van der Waals surface area contributed by atoms with Crippen LogP contribution in [0.3, 0.4) is 0 Å². The summed E-state index contributed by atoms with van der Waals surface area (Å²) in [6.45, 7) is 4.32. The Morgan fingerprint density at radius 2 is 2.07 bits per heavy atom. The highest BCUT2D eigenvalue weighted by Gasteiger charge is 2.20. The van der Waals surface area contributed by atoms with Gasteiger partial charge in [0.25, 0.3) is 0 Å². The van der Waals surface area contributed by atoms with Crippen molar-refractivity contribution in [3.8, 4) is 11.5 Å². The molecule has 1 aromatic carbocycles.